The third-order valence-electron chi connectivity index (χ3n) is 3.44. The lowest BCUT2D eigenvalue weighted by Crippen LogP contribution is -2.35. The maximum Gasteiger partial charge on any atom is 0.269 e. The van der Waals surface area contributed by atoms with Gasteiger partial charge in [-0.15, -0.1) is 11.3 Å². The topological polar surface area (TPSA) is 70.5 Å². The van der Waals surface area contributed by atoms with Crippen molar-refractivity contribution in [3.63, 3.8) is 0 Å². The Labute approximate surface area is 127 Å². The largest absolute Gasteiger partial charge is 0.505 e. The van der Waals surface area contributed by atoms with Gasteiger partial charge in [-0.1, -0.05) is 24.3 Å². The number of nitrogens with zero attached hydrogens (tertiary/aromatic N) is 2. The van der Waals surface area contributed by atoms with Crippen molar-refractivity contribution in [3.05, 3.63) is 45.8 Å². The number of anilines is 1. The molecule has 0 atom stereocenters. The van der Waals surface area contributed by atoms with E-state index in [0.717, 1.165) is 5.56 Å². The van der Waals surface area contributed by atoms with Crippen LogP contribution in [0.1, 0.15) is 22.9 Å². The van der Waals surface area contributed by atoms with Crippen molar-refractivity contribution >= 4 is 37.8 Å². The molecule has 1 aliphatic rings. The van der Waals surface area contributed by atoms with Gasteiger partial charge in [-0.2, -0.15) is 0 Å². The van der Waals surface area contributed by atoms with Crippen molar-refractivity contribution in [2.75, 3.05) is 10.8 Å². The van der Waals surface area contributed by atoms with Crippen LogP contribution in [0.2, 0.25) is 0 Å². The van der Waals surface area contributed by atoms with Gasteiger partial charge in [0.1, 0.15) is 9.78 Å². The molecule has 0 spiro atoms. The third kappa shape index (κ3) is 1.96. The summed E-state index contributed by atoms with van der Waals surface area (Å²) in [6, 6.07) is 7.13. The highest BCUT2D eigenvalue weighted by atomic mass is 32.2. The molecule has 2 heterocycles. The average Bonchev–Trinajstić information content (AvgIpc) is 2.90. The molecule has 3 rings (SSSR count). The minimum Gasteiger partial charge on any atom is -0.505 e. The van der Waals surface area contributed by atoms with Crippen LogP contribution in [0, 0.1) is 6.92 Å². The molecule has 5 nitrogen and oxygen atoms in total. The minimum absolute atomic E-state index is 0.0424. The molecule has 21 heavy (non-hydrogen) atoms. The molecule has 0 aliphatic carbocycles. The number of hydrogen-bond donors (Lipinski definition) is 1. The number of aliphatic hydroxyl groups is 1. The van der Waals surface area contributed by atoms with Gasteiger partial charge in [0.25, 0.3) is 10.0 Å². The molecule has 1 aliphatic heterocycles. The van der Waals surface area contributed by atoms with Crippen LogP contribution in [0.3, 0.4) is 0 Å². The molecule has 0 unspecified atom stereocenters. The predicted molar refractivity (Wildman–Crippen MR) is 84.7 cm³/mol. The fourth-order valence-corrected chi connectivity index (χ4v) is 5.08. The van der Waals surface area contributed by atoms with Crippen molar-refractivity contribution in [1.82, 2.24) is 4.98 Å². The maximum atomic E-state index is 12.8. The number of aryl methyl sites for hydroxylation is 1. The molecule has 0 bridgehead atoms. The molecule has 0 fully saturated rings. The normalized spacial score (nSPS) is 17.0. The minimum atomic E-state index is -3.82. The van der Waals surface area contributed by atoms with Gasteiger partial charge >= 0.3 is 0 Å². The molecule has 7 heteroatoms. The lowest BCUT2D eigenvalue weighted by molar-refractivity contribution is 0.514. The van der Waals surface area contributed by atoms with E-state index in [9.17, 15) is 13.5 Å². The Hall–Kier alpha value is -1.86. The Kier molecular flexibility index (Phi) is 3.26. The molecule has 0 amide bonds. The summed E-state index contributed by atoms with van der Waals surface area (Å²) in [4.78, 5) is 4.52. The average molecular weight is 322 g/mol. The zero-order valence-corrected chi connectivity index (χ0v) is 13.2. The molecule has 2 aromatic rings. The van der Waals surface area contributed by atoms with Crippen molar-refractivity contribution < 1.29 is 13.5 Å². The van der Waals surface area contributed by atoms with E-state index in [1.165, 1.54) is 15.6 Å². The first-order chi connectivity index (χ1) is 9.98. The highest BCUT2D eigenvalue weighted by molar-refractivity contribution is 8.02. The molecular formula is C14H14N2O3S2. The summed E-state index contributed by atoms with van der Waals surface area (Å²) in [5.41, 5.74) is 2.86. The van der Waals surface area contributed by atoms with E-state index < -0.39 is 10.0 Å². The summed E-state index contributed by atoms with van der Waals surface area (Å²) in [6.07, 6.45) is 0. The van der Waals surface area contributed by atoms with Gasteiger partial charge in [-0.05, 0) is 19.4 Å². The number of thiazole rings is 1. The lowest BCUT2D eigenvalue weighted by Gasteiger charge is -2.28. The van der Waals surface area contributed by atoms with Crippen molar-refractivity contribution in [2.24, 2.45) is 0 Å². The molecular weight excluding hydrogens is 308 g/mol. The van der Waals surface area contributed by atoms with Crippen molar-refractivity contribution in [2.45, 2.75) is 13.8 Å². The molecule has 0 saturated heterocycles. The van der Waals surface area contributed by atoms with E-state index in [1.54, 1.807) is 24.6 Å². The summed E-state index contributed by atoms with van der Waals surface area (Å²) in [7, 11) is -3.82. The van der Waals surface area contributed by atoms with Crippen LogP contribution in [0.25, 0.3) is 10.7 Å². The first-order valence-electron chi connectivity index (χ1n) is 6.44. The van der Waals surface area contributed by atoms with E-state index in [2.05, 4.69) is 4.98 Å². The number of hydrogen-bond acceptors (Lipinski definition) is 5. The van der Waals surface area contributed by atoms with Gasteiger partial charge < -0.3 is 5.11 Å². The summed E-state index contributed by atoms with van der Waals surface area (Å²) >= 11 is 1.23. The summed E-state index contributed by atoms with van der Waals surface area (Å²) in [5.74, 6) is 0.0869. The van der Waals surface area contributed by atoms with Crippen LogP contribution in [-0.4, -0.2) is 25.1 Å². The Morgan fingerprint density at radius 2 is 2.05 bits per heavy atom. The van der Waals surface area contributed by atoms with Crippen molar-refractivity contribution in [1.29, 1.82) is 0 Å². The molecule has 0 saturated carbocycles. The van der Waals surface area contributed by atoms with Crippen LogP contribution in [0.5, 0.6) is 0 Å². The van der Waals surface area contributed by atoms with Crippen LogP contribution < -0.4 is 4.31 Å². The monoisotopic (exact) mass is 322 g/mol. The number of fused-ring (bicyclic) bond motifs is 1. The second-order valence-electron chi connectivity index (χ2n) is 4.67. The molecule has 1 N–H and O–H groups in total. The van der Waals surface area contributed by atoms with E-state index in [-0.39, 0.29) is 17.2 Å². The highest BCUT2D eigenvalue weighted by Gasteiger charge is 2.39. The number of aliphatic hydroxyl groups excluding tert-OH is 1. The molecule has 1 aromatic heterocycles. The van der Waals surface area contributed by atoms with E-state index in [1.807, 2.05) is 19.1 Å². The first-order valence-corrected chi connectivity index (χ1v) is 8.76. The Morgan fingerprint density at radius 3 is 2.71 bits per heavy atom. The molecule has 0 radical (unpaired) electrons. The van der Waals surface area contributed by atoms with Gasteiger partial charge in [-0.25, -0.2) is 17.7 Å². The van der Waals surface area contributed by atoms with Gasteiger partial charge in [0, 0.05) is 12.1 Å². The Morgan fingerprint density at radius 1 is 1.33 bits per heavy atom. The summed E-state index contributed by atoms with van der Waals surface area (Å²) < 4.78 is 26.9. The second kappa shape index (κ2) is 4.85. The highest BCUT2D eigenvalue weighted by Crippen LogP contribution is 2.44. The predicted octanol–water partition coefficient (Wildman–Crippen LogP) is 3.01. The zero-order chi connectivity index (χ0) is 15.2. The maximum absolute atomic E-state index is 12.8. The number of aromatic nitrogens is 1. The van der Waals surface area contributed by atoms with Gasteiger partial charge in [0.05, 0.1) is 5.51 Å². The standard InChI is InChI=1S/C14H14N2O3S2/c1-3-16-14-12(20-8-15-14)11(17)13(21(16,18)19)10-7-5-4-6-9(10)2/h4-8,17H,3H2,1-2H3. The molecule has 110 valence electrons. The summed E-state index contributed by atoms with van der Waals surface area (Å²) in [5, 5.41) is 10.5. The lowest BCUT2D eigenvalue weighted by atomic mass is 10.1. The quantitative estimate of drug-likeness (QED) is 0.922. The van der Waals surface area contributed by atoms with Crippen molar-refractivity contribution in [3.8, 4) is 0 Å². The van der Waals surface area contributed by atoms with Gasteiger partial charge in [0.15, 0.2) is 11.6 Å². The van der Waals surface area contributed by atoms with Crippen LogP contribution in [0.15, 0.2) is 29.8 Å². The smallest absolute Gasteiger partial charge is 0.269 e. The zero-order valence-electron chi connectivity index (χ0n) is 11.6. The Balaban J connectivity index is 2.38. The van der Waals surface area contributed by atoms with Gasteiger partial charge in [-0.3, -0.25) is 0 Å². The second-order valence-corrected chi connectivity index (χ2v) is 7.32. The number of benzene rings is 1. The van der Waals surface area contributed by atoms with E-state index in [0.29, 0.717) is 16.3 Å². The van der Waals surface area contributed by atoms with Crippen LogP contribution in [-0.2, 0) is 10.0 Å². The number of sulfonamides is 1. The number of rotatable bonds is 2. The Bertz CT molecular complexity index is 837. The van der Waals surface area contributed by atoms with Crippen LogP contribution in [0.4, 0.5) is 5.82 Å². The molecule has 1 aromatic carbocycles. The first kappa shape index (κ1) is 14.1. The summed E-state index contributed by atoms with van der Waals surface area (Å²) in [6.45, 7) is 3.84. The van der Waals surface area contributed by atoms with E-state index >= 15 is 0 Å². The SMILES string of the molecule is CCN1c2ncsc2C(O)=C(c2ccccc2C)S1(=O)=O. The fraction of sp³-hybridized carbons (Fsp3) is 0.214. The fourth-order valence-electron chi connectivity index (χ4n) is 2.44. The van der Waals surface area contributed by atoms with Crippen LogP contribution >= 0.6 is 11.3 Å². The van der Waals surface area contributed by atoms with E-state index in [4.69, 9.17) is 0 Å². The van der Waals surface area contributed by atoms with Gasteiger partial charge in [0.2, 0.25) is 0 Å². The third-order valence-corrected chi connectivity index (χ3v) is 6.20.